The number of aromatic nitrogens is 2. The lowest BCUT2D eigenvalue weighted by molar-refractivity contribution is -0.142. The highest BCUT2D eigenvalue weighted by molar-refractivity contribution is 5.82. The maximum absolute atomic E-state index is 12.9. The van der Waals surface area contributed by atoms with Gasteiger partial charge < -0.3 is 14.6 Å². The Balaban J connectivity index is 1.80. The molecule has 0 saturated heterocycles. The van der Waals surface area contributed by atoms with E-state index in [1.54, 1.807) is 11.8 Å². The van der Waals surface area contributed by atoms with Crippen molar-refractivity contribution in [2.45, 2.75) is 25.9 Å². The van der Waals surface area contributed by atoms with Crippen LogP contribution in [0.5, 0.6) is 0 Å². The van der Waals surface area contributed by atoms with Gasteiger partial charge in [0, 0.05) is 32.2 Å². The number of rotatable bonds is 3. The minimum Gasteiger partial charge on any atom is -0.367 e. The van der Waals surface area contributed by atoms with Crippen LogP contribution in [0.3, 0.4) is 0 Å². The Morgan fingerprint density at radius 1 is 1.25 bits per heavy atom. The van der Waals surface area contributed by atoms with E-state index in [0.717, 1.165) is 11.3 Å². The van der Waals surface area contributed by atoms with Gasteiger partial charge in [0.15, 0.2) is 6.10 Å². The van der Waals surface area contributed by atoms with Gasteiger partial charge in [0.2, 0.25) is 0 Å². The minimum absolute atomic E-state index is 0.0790. The van der Waals surface area contributed by atoms with Crippen LogP contribution in [0.2, 0.25) is 0 Å². The first-order valence-electron chi connectivity index (χ1n) is 8.05. The van der Waals surface area contributed by atoms with E-state index < -0.39 is 6.10 Å². The molecule has 24 heavy (non-hydrogen) atoms. The number of fused-ring (bicyclic) bond motifs is 1. The molecular formula is C18H21N3O3. The predicted molar refractivity (Wildman–Crippen MR) is 89.8 cm³/mol. The van der Waals surface area contributed by atoms with Crippen molar-refractivity contribution in [1.82, 2.24) is 14.9 Å². The van der Waals surface area contributed by atoms with Gasteiger partial charge in [0.1, 0.15) is 5.82 Å². The second-order valence-corrected chi connectivity index (χ2v) is 5.93. The summed E-state index contributed by atoms with van der Waals surface area (Å²) in [6.07, 6.45) is 0.465. The average Bonchev–Trinajstić information content (AvgIpc) is 2.79. The zero-order valence-corrected chi connectivity index (χ0v) is 13.9. The number of nitrogens with one attached hydrogen (secondary N) is 1. The van der Waals surface area contributed by atoms with Crippen LogP contribution in [0.1, 0.15) is 28.7 Å². The number of methoxy groups -OCH3 is 1. The van der Waals surface area contributed by atoms with Crippen LogP contribution in [0, 0.1) is 6.92 Å². The molecule has 1 N–H and O–H groups in total. The molecule has 0 fully saturated rings. The first kappa shape index (κ1) is 16.4. The van der Waals surface area contributed by atoms with E-state index in [1.165, 1.54) is 7.11 Å². The molecule has 1 aromatic heterocycles. The predicted octanol–water partition coefficient (Wildman–Crippen LogP) is 1.39. The Kier molecular flexibility index (Phi) is 4.76. The third kappa shape index (κ3) is 3.23. The lowest BCUT2D eigenvalue weighted by Crippen LogP contribution is -2.37. The van der Waals surface area contributed by atoms with E-state index in [4.69, 9.17) is 4.74 Å². The molecule has 1 aromatic carbocycles. The van der Waals surface area contributed by atoms with Gasteiger partial charge in [0.05, 0.1) is 5.69 Å². The number of aromatic amines is 1. The average molecular weight is 327 g/mol. The monoisotopic (exact) mass is 327 g/mol. The maximum atomic E-state index is 12.9. The highest BCUT2D eigenvalue weighted by Gasteiger charge is 2.28. The Morgan fingerprint density at radius 3 is 2.67 bits per heavy atom. The fourth-order valence-electron chi connectivity index (χ4n) is 3.13. The quantitative estimate of drug-likeness (QED) is 0.924. The van der Waals surface area contributed by atoms with Crippen LogP contribution in [0.4, 0.5) is 0 Å². The third-order valence-corrected chi connectivity index (χ3v) is 4.34. The van der Waals surface area contributed by atoms with Gasteiger partial charge in [-0.15, -0.1) is 0 Å². The van der Waals surface area contributed by atoms with E-state index in [9.17, 15) is 9.59 Å². The number of carbonyl (C=O) groups is 1. The summed E-state index contributed by atoms with van der Waals surface area (Å²) >= 11 is 0. The van der Waals surface area contributed by atoms with E-state index >= 15 is 0 Å². The molecule has 6 heteroatoms. The maximum Gasteiger partial charge on any atom is 0.256 e. The summed E-state index contributed by atoms with van der Waals surface area (Å²) in [5, 5.41) is 0. The van der Waals surface area contributed by atoms with Gasteiger partial charge in [-0.05, 0) is 18.9 Å². The Hall–Kier alpha value is -2.47. The molecule has 1 atom stereocenters. The summed E-state index contributed by atoms with van der Waals surface area (Å²) in [5.41, 5.74) is 2.21. The fourth-order valence-corrected chi connectivity index (χ4v) is 3.13. The van der Waals surface area contributed by atoms with Crippen LogP contribution >= 0.6 is 0 Å². The molecule has 6 nitrogen and oxygen atoms in total. The number of benzene rings is 1. The largest absolute Gasteiger partial charge is 0.367 e. The summed E-state index contributed by atoms with van der Waals surface area (Å²) in [4.78, 5) is 33.9. The lowest BCUT2D eigenvalue weighted by Gasteiger charge is -2.25. The van der Waals surface area contributed by atoms with Gasteiger partial charge >= 0.3 is 0 Å². The van der Waals surface area contributed by atoms with Gasteiger partial charge in [0.25, 0.3) is 11.5 Å². The molecule has 126 valence electrons. The summed E-state index contributed by atoms with van der Waals surface area (Å²) in [6.45, 7) is 2.80. The third-order valence-electron chi connectivity index (χ3n) is 4.34. The van der Waals surface area contributed by atoms with E-state index in [2.05, 4.69) is 9.97 Å². The number of hydrogen-bond acceptors (Lipinski definition) is 4. The molecule has 0 spiro atoms. The van der Waals surface area contributed by atoms with E-state index in [-0.39, 0.29) is 11.5 Å². The molecule has 2 heterocycles. The summed E-state index contributed by atoms with van der Waals surface area (Å²) < 4.78 is 5.44. The van der Waals surface area contributed by atoms with Crippen molar-refractivity contribution in [2.24, 2.45) is 0 Å². The smallest absolute Gasteiger partial charge is 0.256 e. The molecule has 0 radical (unpaired) electrons. The SMILES string of the molecule is COC(C(=O)N1CCc2nc(C)[nH]c(=O)c2CC1)c1ccccc1. The second kappa shape index (κ2) is 6.97. The van der Waals surface area contributed by atoms with Crippen LogP contribution in [-0.2, 0) is 22.4 Å². The van der Waals surface area contributed by atoms with Gasteiger partial charge in [-0.1, -0.05) is 30.3 Å². The van der Waals surface area contributed by atoms with Crippen molar-refractivity contribution < 1.29 is 9.53 Å². The molecule has 1 amide bonds. The Bertz CT molecular complexity index is 786. The van der Waals surface area contributed by atoms with E-state index in [1.807, 2.05) is 30.3 Å². The van der Waals surface area contributed by atoms with Crippen LogP contribution in [-0.4, -0.2) is 41.0 Å². The van der Waals surface area contributed by atoms with Crippen LogP contribution in [0.25, 0.3) is 0 Å². The Labute approximate surface area is 140 Å². The first-order valence-corrected chi connectivity index (χ1v) is 8.05. The molecule has 2 aromatic rings. The van der Waals surface area contributed by atoms with E-state index in [0.29, 0.717) is 37.3 Å². The molecule has 1 aliphatic heterocycles. The second-order valence-electron chi connectivity index (χ2n) is 5.93. The number of H-pyrrole nitrogens is 1. The highest BCUT2D eigenvalue weighted by Crippen LogP contribution is 2.21. The normalized spacial score (nSPS) is 15.5. The van der Waals surface area contributed by atoms with Gasteiger partial charge in [-0.25, -0.2) is 4.98 Å². The molecule has 1 aliphatic rings. The van der Waals surface area contributed by atoms with Crippen molar-refractivity contribution in [3.05, 3.63) is 63.3 Å². The standard InChI is InChI=1S/C18H21N3O3/c1-12-19-15-9-11-21(10-8-14(15)17(22)20-12)18(23)16(24-2)13-6-4-3-5-7-13/h3-7,16H,8-11H2,1-2H3,(H,19,20,22). The van der Waals surface area contributed by atoms with Crippen molar-refractivity contribution in [1.29, 1.82) is 0 Å². The molecule has 0 aliphatic carbocycles. The van der Waals surface area contributed by atoms with Gasteiger partial charge in [-0.2, -0.15) is 0 Å². The number of aryl methyl sites for hydroxylation is 1. The summed E-state index contributed by atoms with van der Waals surface area (Å²) in [5.74, 6) is 0.530. The molecule has 0 bridgehead atoms. The van der Waals surface area contributed by atoms with Crippen molar-refractivity contribution >= 4 is 5.91 Å². The van der Waals surface area contributed by atoms with Crippen LogP contribution < -0.4 is 5.56 Å². The number of amides is 1. The number of hydrogen-bond donors (Lipinski definition) is 1. The summed E-state index contributed by atoms with van der Waals surface area (Å²) in [6, 6.07) is 9.45. The number of carbonyl (C=O) groups excluding carboxylic acids is 1. The molecule has 1 unspecified atom stereocenters. The zero-order valence-electron chi connectivity index (χ0n) is 13.9. The molecular weight excluding hydrogens is 306 g/mol. The van der Waals surface area contributed by atoms with Crippen molar-refractivity contribution in [3.63, 3.8) is 0 Å². The molecule has 3 rings (SSSR count). The molecule has 0 saturated carbocycles. The minimum atomic E-state index is -0.625. The fraction of sp³-hybridized carbons (Fsp3) is 0.389. The van der Waals surface area contributed by atoms with Crippen molar-refractivity contribution in [3.8, 4) is 0 Å². The summed E-state index contributed by atoms with van der Waals surface area (Å²) in [7, 11) is 1.54. The number of ether oxygens (including phenoxy) is 1. The van der Waals surface area contributed by atoms with Gasteiger partial charge in [-0.3, -0.25) is 9.59 Å². The van der Waals surface area contributed by atoms with Crippen molar-refractivity contribution in [2.75, 3.05) is 20.2 Å². The lowest BCUT2D eigenvalue weighted by atomic mass is 10.1. The Morgan fingerprint density at radius 2 is 1.96 bits per heavy atom. The number of nitrogens with zero attached hydrogens (tertiary/aromatic N) is 2. The topological polar surface area (TPSA) is 75.3 Å². The zero-order chi connectivity index (χ0) is 17.1. The highest BCUT2D eigenvalue weighted by atomic mass is 16.5. The van der Waals surface area contributed by atoms with Crippen LogP contribution in [0.15, 0.2) is 35.1 Å². The first-order chi connectivity index (χ1) is 11.6.